The maximum absolute atomic E-state index is 12.8. The summed E-state index contributed by atoms with van der Waals surface area (Å²) in [6, 6.07) is 6.19. The van der Waals surface area contributed by atoms with E-state index in [0.717, 1.165) is 5.56 Å². The van der Waals surface area contributed by atoms with Crippen molar-refractivity contribution in [2.45, 2.75) is 19.4 Å². The van der Waals surface area contributed by atoms with Crippen molar-refractivity contribution in [3.63, 3.8) is 0 Å². The van der Waals surface area contributed by atoms with Gasteiger partial charge in [-0.3, -0.25) is 0 Å². The molecule has 2 N–H and O–H groups in total. The highest BCUT2D eigenvalue weighted by Gasteiger charge is 2.03. The third kappa shape index (κ3) is 2.53. The molecule has 1 rings (SSSR count). The third-order valence-electron chi connectivity index (χ3n) is 1.84. The first kappa shape index (κ1) is 9.69. The molecule has 1 aromatic carbocycles. The lowest BCUT2D eigenvalue weighted by Gasteiger charge is -2.04. The number of halogens is 1. The zero-order valence-corrected chi connectivity index (χ0v) is 7.42. The molecule has 3 heteroatoms. The number of hydrogen-bond acceptors (Lipinski definition) is 2. The quantitative estimate of drug-likeness (QED) is 0.746. The molecule has 0 aromatic heterocycles. The first-order valence-corrected chi connectivity index (χ1v) is 4.03. The van der Waals surface area contributed by atoms with E-state index in [4.69, 9.17) is 11.0 Å². The summed E-state index contributed by atoms with van der Waals surface area (Å²) in [5.41, 5.74) is 6.92. The van der Waals surface area contributed by atoms with Gasteiger partial charge < -0.3 is 5.73 Å². The van der Waals surface area contributed by atoms with Crippen LogP contribution < -0.4 is 5.73 Å². The second-order valence-electron chi connectivity index (χ2n) is 3.02. The van der Waals surface area contributed by atoms with Crippen LogP contribution in [0.5, 0.6) is 0 Å². The molecule has 0 heterocycles. The van der Waals surface area contributed by atoms with E-state index >= 15 is 0 Å². The topological polar surface area (TPSA) is 49.8 Å². The average Bonchev–Trinajstić information content (AvgIpc) is 2.11. The number of benzene rings is 1. The van der Waals surface area contributed by atoms with Crippen LogP contribution in [0.25, 0.3) is 0 Å². The molecule has 0 saturated heterocycles. The number of nitriles is 1. The first-order chi connectivity index (χ1) is 6.13. The standard InChI is InChI=1S/C10H11FN2/c1-7-4-8(2-3-10(7)11)5-9(13)6-12/h2-4,9H,5,13H2,1H3. The Kier molecular flexibility index (Phi) is 2.99. The summed E-state index contributed by atoms with van der Waals surface area (Å²) in [4.78, 5) is 0. The average molecular weight is 178 g/mol. The summed E-state index contributed by atoms with van der Waals surface area (Å²) in [6.45, 7) is 1.69. The Morgan fingerprint density at radius 3 is 2.85 bits per heavy atom. The third-order valence-corrected chi connectivity index (χ3v) is 1.84. The SMILES string of the molecule is Cc1cc(CC(N)C#N)ccc1F. The number of aryl methyl sites for hydroxylation is 1. The Morgan fingerprint density at radius 1 is 1.62 bits per heavy atom. The maximum atomic E-state index is 12.8. The van der Waals surface area contributed by atoms with Crippen LogP contribution in [0.3, 0.4) is 0 Å². The first-order valence-electron chi connectivity index (χ1n) is 4.03. The van der Waals surface area contributed by atoms with Gasteiger partial charge in [0, 0.05) is 6.42 Å². The van der Waals surface area contributed by atoms with Gasteiger partial charge in [0.15, 0.2) is 0 Å². The molecular weight excluding hydrogens is 167 g/mol. The Balaban J connectivity index is 2.81. The highest BCUT2D eigenvalue weighted by Crippen LogP contribution is 2.10. The fourth-order valence-electron chi connectivity index (χ4n) is 1.13. The van der Waals surface area contributed by atoms with Crippen molar-refractivity contribution in [1.82, 2.24) is 0 Å². The van der Waals surface area contributed by atoms with Crippen LogP contribution in [0, 0.1) is 24.1 Å². The molecule has 1 unspecified atom stereocenters. The van der Waals surface area contributed by atoms with Gasteiger partial charge in [-0.25, -0.2) is 4.39 Å². The van der Waals surface area contributed by atoms with Crippen LogP contribution in [0.2, 0.25) is 0 Å². The summed E-state index contributed by atoms with van der Waals surface area (Å²) in [5, 5.41) is 8.47. The lowest BCUT2D eigenvalue weighted by molar-refractivity contribution is 0.617. The molecule has 0 saturated carbocycles. The van der Waals surface area contributed by atoms with Crippen molar-refractivity contribution >= 4 is 0 Å². The van der Waals surface area contributed by atoms with Crippen molar-refractivity contribution in [3.8, 4) is 6.07 Å². The normalized spacial score (nSPS) is 12.2. The minimum atomic E-state index is -0.509. The van der Waals surface area contributed by atoms with Gasteiger partial charge in [0.2, 0.25) is 0 Å². The summed E-state index contributed by atoms with van der Waals surface area (Å²) < 4.78 is 12.8. The van der Waals surface area contributed by atoms with Gasteiger partial charge in [0.1, 0.15) is 5.82 Å². The van der Waals surface area contributed by atoms with E-state index in [0.29, 0.717) is 12.0 Å². The molecule has 0 radical (unpaired) electrons. The molecule has 2 nitrogen and oxygen atoms in total. The molecular formula is C10H11FN2. The van der Waals surface area contributed by atoms with E-state index in [1.54, 1.807) is 19.1 Å². The van der Waals surface area contributed by atoms with Gasteiger partial charge in [-0.05, 0) is 24.1 Å². The van der Waals surface area contributed by atoms with Crippen molar-refractivity contribution in [2.24, 2.45) is 5.73 Å². The zero-order valence-electron chi connectivity index (χ0n) is 7.42. The number of nitrogens with two attached hydrogens (primary N) is 1. The molecule has 68 valence electrons. The number of rotatable bonds is 2. The lowest BCUT2D eigenvalue weighted by Crippen LogP contribution is -2.20. The molecule has 0 amide bonds. The molecule has 1 atom stereocenters. The molecule has 1 aromatic rings. The van der Waals surface area contributed by atoms with Crippen molar-refractivity contribution < 1.29 is 4.39 Å². The summed E-state index contributed by atoms with van der Waals surface area (Å²) in [6.07, 6.45) is 0.470. The molecule has 0 fully saturated rings. The summed E-state index contributed by atoms with van der Waals surface area (Å²) in [5.74, 6) is -0.228. The smallest absolute Gasteiger partial charge is 0.126 e. The van der Waals surface area contributed by atoms with Gasteiger partial charge in [0.05, 0.1) is 12.1 Å². The molecule has 0 aliphatic heterocycles. The van der Waals surface area contributed by atoms with Crippen molar-refractivity contribution in [2.75, 3.05) is 0 Å². The van der Waals surface area contributed by atoms with E-state index in [1.807, 2.05) is 6.07 Å². The number of hydrogen-bond donors (Lipinski definition) is 1. The predicted octanol–water partition coefficient (Wildman–Crippen LogP) is 1.53. The van der Waals surface area contributed by atoms with E-state index in [9.17, 15) is 4.39 Å². The number of nitrogens with zero attached hydrogens (tertiary/aromatic N) is 1. The molecule has 0 bridgehead atoms. The molecule has 0 aliphatic carbocycles. The van der Waals surface area contributed by atoms with E-state index in [-0.39, 0.29) is 5.82 Å². The minimum absolute atomic E-state index is 0.228. The van der Waals surface area contributed by atoms with Crippen LogP contribution in [0.15, 0.2) is 18.2 Å². The van der Waals surface area contributed by atoms with Gasteiger partial charge >= 0.3 is 0 Å². The van der Waals surface area contributed by atoms with Crippen LogP contribution in [0.1, 0.15) is 11.1 Å². The molecule has 0 aliphatic rings. The zero-order chi connectivity index (χ0) is 9.84. The highest BCUT2D eigenvalue weighted by molar-refractivity contribution is 5.25. The Bertz CT molecular complexity index is 341. The van der Waals surface area contributed by atoms with Crippen LogP contribution in [0.4, 0.5) is 4.39 Å². The second-order valence-corrected chi connectivity index (χ2v) is 3.02. The minimum Gasteiger partial charge on any atom is -0.316 e. The lowest BCUT2D eigenvalue weighted by atomic mass is 10.0. The maximum Gasteiger partial charge on any atom is 0.126 e. The van der Waals surface area contributed by atoms with E-state index < -0.39 is 6.04 Å². The Morgan fingerprint density at radius 2 is 2.31 bits per heavy atom. The predicted molar refractivity (Wildman–Crippen MR) is 48.4 cm³/mol. The largest absolute Gasteiger partial charge is 0.316 e. The highest BCUT2D eigenvalue weighted by atomic mass is 19.1. The van der Waals surface area contributed by atoms with Gasteiger partial charge in [-0.15, -0.1) is 0 Å². The Hall–Kier alpha value is -1.40. The monoisotopic (exact) mass is 178 g/mol. The van der Waals surface area contributed by atoms with Gasteiger partial charge in [-0.2, -0.15) is 5.26 Å². The Labute approximate surface area is 76.8 Å². The summed E-state index contributed by atoms with van der Waals surface area (Å²) >= 11 is 0. The second kappa shape index (κ2) is 4.01. The molecule has 13 heavy (non-hydrogen) atoms. The van der Waals surface area contributed by atoms with Crippen LogP contribution >= 0.6 is 0 Å². The fourth-order valence-corrected chi connectivity index (χ4v) is 1.13. The van der Waals surface area contributed by atoms with Crippen LogP contribution in [-0.4, -0.2) is 6.04 Å². The van der Waals surface area contributed by atoms with E-state index in [2.05, 4.69) is 0 Å². The van der Waals surface area contributed by atoms with Crippen LogP contribution in [-0.2, 0) is 6.42 Å². The van der Waals surface area contributed by atoms with Crippen molar-refractivity contribution in [3.05, 3.63) is 35.1 Å². The summed E-state index contributed by atoms with van der Waals surface area (Å²) in [7, 11) is 0. The van der Waals surface area contributed by atoms with Crippen molar-refractivity contribution in [1.29, 1.82) is 5.26 Å². The van der Waals surface area contributed by atoms with Gasteiger partial charge in [0.25, 0.3) is 0 Å². The van der Waals surface area contributed by atoms with Gasteiger partial charge in [-0.1, -0.05) is 12.1 Å². The molecule has 0 spiro atoms. The van der Waals surface area contributed by atoms with E-state index in [1.165, 1.54) is 6.07 Å². The fraction of sp³-hybridized carbons (Fsp3) is 0.300.